The van der Waals surface area contributed by atoms with E-state index >= 15 is 0 Å². The van der Waals surface area contributed by atoms with Gasteiger partial charge in [0.15, 0.2) is 0 Å². The highest BCUT2D eigenvalue weighted by Crippen LogP contribution is 2.24. The van der Waals surface area contributed by atoms with Crippen LogP contribution in [-0.2, 0) is 22.6 Å². The lowest BCUT2D eigenvalue weighted by Crippen LogP contribution is -2.50. The molecule has 0 spiro atoms. The molecule has 0 radical (unpaired) electrons. The van der Waals surface area contributed by atoms with Crippen molar-refractivity contribution in [2.75, 3.05) is 0 Å². The molecule has 2 aromatic rings. The predicted molar refractivity (Wildman–Crippen MR) is 122 cm³/mol. The van der Waals surface area contributed by atoms with Crippen molar-refractivity contribution in [1.82, 2.24) is 10.2 Å². The second kappa shape index (κ2) is 11.0. The van der Waals surface area contributed by atoms with E-state index in [-0.39, 0.29) is 36.6 Å². The minimum Gasteiger partial charge on any atom is -0.352 e. The van der Waals surface area contributed by atoms with Crippen LogP contribution in [0.3, 0.4) is 0 Å². The third-order valence-electron chi connectivity index (χ3n) is 5.72. The zero-order valence-electron chi connectivity index (χ0n) is 17.5. The normalized spacial score (nSPS) is 15.4. The number of hydrogen-bond donors (Lipinski definition) is 1. The van der Waals surface area contributed by atoms with Crippen molar-refractivity contribution in [3.8, 4) is 0 Å². The number of amides is 2. The summed E-state index contributed by atoms with van der Waals surface area (Å²) in [5.41, 5.74) is 1.46. The largest absolute Gasteiger partial charge is 0.352 e. The number of nitrogens with one attached hydrogen (secondary N) is 1. The minimum absolute atomic E-state index is 0.0825. The van der Waals surface area contributed by atoms with Gasteiger partial charge in [0.25, 0.3) is 0 Å². The maximum Gasteiger partial charge on any atom is 0.242 e. The van der Waals surface area contributed by atoms with Gasteiger partial charge in [-0.3, -0.25) is 9.59 Å². The van der Waals surface area contributed by atoms with Crippen molar-refractivity contribution in [1.29, 1.82) is 0 Å². The summed E-state index contributed by atoms with van der Waals surface area (Å²) >= 11 is 12.1. The second-order valence-electron chi connectivity index (χ2n) is 8.09. The topological polar surface area (TPSA) is 49.4 Å². The zero-order chi connectivity index (χ0) is 22.4. The van der Waals surface area contributed by atoms with Crippen LogP contribution in [0.1, 0.15) is 50.2 Å². The van der Waals surface area contributed by atoms with E-state index in [9.17, 15) is 14.0 Å². The van der Waals surface area contributed by atoms with Crippen LogP contribution in [0.5, 0.6) is 0 Å². The molecule has 7 heteroatoms. The van der Waals surface area contributed by atoms with Gasteiger partial charge in [-0.25, -0.2) is 4.39 Å². The number of halogens is 3. The number of nitrogens with zero attached hydrogens (tertiary/aromatic N) is 1. The summed E-state index contributed by atoms with van der Waals surface area (Å²) in [6.45, 7) is 1.94. The van der Waals surface area contributed by atoms with Crippen LogP contribution >= 0.6 is 23.2 Å². The molecule has 1 unspecified atom stereocenters. The molecule has 0 saturated heterocycles. The van der Waals surface area contributed by atoms with E-state index in [4.69, 9.17) is 23.2 Å². The molecular weight excluding hydrogens is 438 g/mol. The number of hydrogen-bond acceptors (Lipinski definition) is 2. The molecule has 1 N–H and O–H groups in total. The Labute approximate surface area is 192 Å². The molecule has 1 aliphatic rings. The lowest BCUT2D eigenvalue weighted by Gasteiger charge is -2.31. The monoisotopic (exact) mass is 464 g/mol. The maximum atomic E-state index is 13.3. The second-order valence-corrected chi connectivity index (χ2v) is 8.91. The van der Waals surface area contributed by atoms with Gasteiger partial charge in [-0.05, 0) is 55.2 Å². The van der Waals surface area contributed by atoms with Gasteiger partial charge < -0.3 is 10.2 Å². The summed E-state index contributed by atoms with van der Waals surface area (Å²) < 4.78 is 13.3. The molecule has 0 bridgehead atoms. The Balaban J connectivity index is 1.76. The van der Waals surface area contributed by atoms with Gasteiger partial charge in [0.2, 0.25) is 11.8 Å². The first kappa shape index (κ1) is 23.6. The van der Waals surface area contributed by atoms with Crippen LogP contribution in [0.4, 0.5) is 4.39 Å². The molecule has 1 atom stereocenters. The van der Waals surface area contributed by atoms with Crippen molar-refractivity contribution in [2.45, 2.75) is 64.1 Å². The summed E-state index contributed by atoms with van der Waals surface area (Å²) in [6, 6.07) is 10.5. The third kappa shape index (κ3) is 6.68. The van der Waals surface area contributed by atoms with Gasteiger partial charge in [0.1, 0.15) is 11.9 Å². The van der Waals surface area contributed by atoms with Crippen LogP contribution in [-0.4, -0.2) is 28.8 Å². The quantitative estimate of drug-likeness (QED) is 0.584. The Morgan fingerprint density at radius 3 is 2.32 bits per heavy atom. The van der Waals surface area contributed by atoms with Gasteiger partial charge >= 0.3 is 0 Å². The number of carbonyl (C=O) groups is 2. The van der Waals surface area contributed by atoms with Crippen molar-refractivity contribution in [3.63, 3.8) is 0 Å². The summed E-state index contributed by atoms with van der Waals surface area (Å²) in [5, 5.41) is 3.89. The first-order valence-corrected chi connectivity index (χ1v) is 11.4. The van der Waals surface area contributed by atoms with E-state index in [2.05, 4.69) is 5.32 Å². The smallest absolute Gasteiger partial charge is 0.242 e. The standard InChI is InChI=1S/C24H27Cl2FN2O2/c1-16(24(31)28-20-5-3-2-4-6-20)29(15-17-7-10-19(27)11-8-17)23(30)14-18-9-12-21(25)22(26)13-18/h7-13,16,20H,2-6,14-15H2,1H3,(H,28,31). The molecule has 31 heavy (non-hydrogen) atoms. The van der Waals surface area contributed by atoms with Gasteiger partial charge in [0.05, 0.1) is 16.5 Å². The number of benzene rings is 2. The molecule has 166 valence electrons. The van der Waals surface area contributed by atoms with Gasteiger partial charge in [-0.2, -0.15) is 0 Å². The molecule has 0 heterocycles. The Bertz CT molecular complexity index is 914. The molecule has 0 aliphatic heterocycles. The maximum absolute atomic E-state index is 13.3. The molecule has 2 aromatic carbocycles. The van der Waals surface area contributed by atoms with Gasteiger partial charge in [0, 0.05) is 12.6 Å². The lowest BCUT2D eigenvalue weighted by atomic mass is 9.95. The van der Waals surface area contributed by atoms with E-state index in [0.29, 0.717) is 15.6 Å². The Kier molecular flexibility index (Phi) is 8.33. The lowest BCUT2D eigenvalue weighted by molar-refractivity contribution is -0.140. The van der Waals surface area contributed by atoms with E-state index in [1.54, 1.807) is 37.3 Å². The van der Waals surface area contributed by atoms with Crippen LogP contribution in [0.2, 0.25) is 10.0 Å². The number of rotatable bonds is 7. The Hall–Kier alpha value is -2.11. The summed E-state index contributed by atoms with van der Waals surface area (Å²) in [7, 11) is 0. The highest BCUT2D eigenvalue weighted by Gasteiger charge is 2.28. The molecule has 0 aromatic heterocycles. The summed E-state index contributed by atoms with van der Waals surface area (Å²) in [5.74, 6) is -0.731. The average Bonchev–Trinajstić information content (AvgIpc) is 2.76. The van der Waals surface area contributed by atoms with Crippen molar-refractivity contribution < 1.29 is 14.0 Å². The van der Waals surface area contributed by atoms with E-state index in [0.717, 1.165) is 31.2 Å². The predicted octanol–water partition coefficient (Wildman–Crippen LogP) is 5.54. The van der Waals surface area contributed by atoms with Crippen LogP contribution in [0, 0.1) is 5.82 Å². The fourth-order valence-electron chi connectivity index (χ4n) is 3.86. The van der Waals surface area contributed by atoms with Gasteiger partial charge in [-0.15, -0.1) is 0 Å². The SMILES string of the molecule is CC(C(=O)NC1CCCCC1)N(Cc1ccc(F)cc1)C(=O)Cc1ccc(Cl)c(Cl)c1. The molecule has 1 aliphatic carbocycles. The van der Waals surface area contributed by atoms with Crippen molar-refractivity contribution in [3.05, 3.63) is 69.5 Å². The third-order valence-corrected chi connectivity index (χ3v) is 6.46. The summed E-state index contributed by atoms with van der Waals surface area (Å²) in [4.78, 5) is 27.7. The molecule has 4 nitrogen and oxygen atoms in total. The van der Waals surface area contributed by atoms with Gasteiger partial charge in [-0.1, -0.05) is 60.7 Å². The first-order valence-electron chi connectivity index (χ1n) is 10.6. The zero-order valence-corrected chi connectivity index (χ0v) is 19.1. The number of carbonyl (C=O) groups excluding carboxylic acids is 2. The van der Waals surface area contributed by atoms with E-state index < -0.39 is 6.04 Å². The minimum atomic E-state index is -0.665. The van der Waals surface area contributed by atoms with E-state index in [1.807, 2.05) is 0 Å². The van der Waals surface area contributed by atoms with Crippen LogP contribution in [0.25, 0.3) is 0 Å². The molecule has 3 rings (SSSR count). The fraction of sp³-hybridized carbons (Fsp3) is 0.417. The average molecular weight is 465 g/mol. The van der Waals surface area contributed by atoms with Crippen molar-refractivity contribution >= 4 is 35.0 Å². The van der Waals surface area contributed by atoms with Crippen molar-refractivity contribution in [2.24, 2.45) is 0 Å². The molecule has 2 amide bonds. The Morgan fingerprint density at radius 2 is 1.68 bits per heavy atom. The first-order chi connectivity index (χ1) is 14.8. The van der Waals surface area contributed by atoms with E-state index in [1.165, 1.54) is 23.5 Å². The molecule has 1 saturated carbocycles. The molecule has 1 fully saturated rings. The summed E-state index contributed by atoms with van der Waals surface area (Å²) in [6.07, 6.45) is 5.42. The highest BCUT2D eigenvalue weighted by molar-refractivity contribution is 6.42. The van der Waals surface area contributed by atoms with Crippen LogP contribution in [0.15, 0.2) is 42.5 Å². The Morgan fingerprint density at radius 1 is 1.03 bits per heavy atom. The van der Waals surface area contributed by atoms with Crippen LogP contribution < -0.4 is 5.32 Å². The molecular formula is C24H27Cl2FN2O2. The fourth-order valence-corrected chi connectivity index (χ4v) is 4.18. The highest BCUT2D eigenvalue weighted by atomic mass is 35.5.